The van der Waals surface area contributed by atoms with Crippen molar-refractivity contribution in [3.05, 3.63) is 58.9 Å². The number of rotatable bonds is 6. The predicted octanol–water partition coefficient (Wildman–Crippen LogP) is 3.13. The minimum atomic E-state index is -0.573. The van der Waals surface area contributed by atoms with Crippen molar-refractivity contribution in [3.63, 3.8) is 0 Å². The normalized spacial score (nSPS) is 13.7. The fourth-order valence-corrected chi connectivity index (χ4v) is 2.22. The summed E-state index contributed by atoms with van der Waals surface area (Å²) >= 11 is 5.88. The van der Waals surface area contributed by atoms with Gasteiger partial charge in [-0.25, -0.2) is 4.98 Å². The fraction of sp³-hybridized carbons (Fsp3) is 0.312. The van der Waals surface area contributed by atoms with Crippen molar-refractivity contribution in [2.75, 3.05) is 13.7 Å². The molecule has 0 saturated heterocycles. The van der Waals surface area contributed by atoms with Crippen LogP contribution >= 0.6 is 11.6 Å². The Bertz CT molecular complexity index is 575. The lowest BCUT2D eigenvalue weighted by atomic mass is 10.1. The largest absolute Gasteiger partial charge is 0.497 e. The van der Waals surface area contributed by atoms with E-state index in [0.29, 0.717) is 11.7 Å². The molecule has 2 aromatic rings. The number of hydrogen-bond acceptors (Lipinski definition) is 4. The third-order valence-corrected chi connectivity index (χ3v) is 3.58. The van der Waals surface area contributed by atoms with E-state index >= 15 is 0 Å². The van der Waals surface area contributed by atoms with E-state index in [4.69, 9.17) is 16.3 Å². The molecule has 0 fully saturated rings. The van der Waals surface area contributed by atoms with Crippen LogP contribution in [0.15, 0.2) is 42.6 Å². The summed E-state index contributed by atoms with van der Waals surface area (Å²) in [5, 5.41) is 13.9. The Balaban J connectivity index is 1.92. The van der Waals surface area contributed by atoms with Gasteiger partial charge in [0.2, 0.25) is 0 Å². The second-order valence-electron chi connectivity index (χ2n) is 4.83. The maximum atomic E-state index is 10.2. The summed E-state index contributed by atoms with van der Waals surface area (Å²) in [5.74, 6) is 0.777. The first-order valence-electron chi connectivity index (χ1n) is 6.77. The van der Waals surface area contributed by atoms with Crippen molar-refractivity contribution in [2.24, 2.45) is 0 Å². The van der Waals surface area contributed by atoms with Crippen LogP contribution in [0.25, 0.3) is 0 Å². The molecule has 21 heavy (non-hydrogen) atoms. The number of pyridine rings is 1. The molecule has 0 bridgehead atoms. The molecule has 2 unspecified atom stereocenters. The van der Waals surface area contributed by atoms with Gasteiger partial charge in [0.15, 0.2) is 0 Å². The Hall–Kier alpha value is -1.62. The van der Waals surface area contributed by atoms with Gasteiger partial charge >= 0.3 is 0 Å². The first kappa shape index (κ1) is 15.8. The molecule has 1 aromatic heterocycles. The van der Waals surface area contributed by atoms with E-state index in [2.05, 4.69) is 10.3 Å². The molecule has 0 aliphatic carbocycles. The predicted molar refractivity (Wildman–Crippen MR) is 83.6 cm³/mol. The standard InChI is InChI=1S/C16H19ClN2O2/c1-11(13-7-8-18-16(17)9-13)19-10-15(20)12-3-5-14(21-2)6-4-12/h3-9,11,15,19-20H,10H2,1-2H3. The summed E-state index contributed by atoms with van der Waals surface area (Å²) in [5.41, 5.74) is 1.89. The van der Waals surface area contributed by atoms with Crippen LogP contribution in [0, 0.1) is 0 Å². The van der Waals surface area contributed by atoms with Crippen LogP contribution in [0.3, 0.4) is 0 Å². The summed E-state index contributed by atoms with van der Waals surface area (Å²) in [6, 6.07) is 11.2. The lowest BCUT2D eigenvalue weighted by Crippen LogP contribution is -2.24. The van der Waals surface area contributed by atoms with Gasteiger partial charge in [-0.15, -0.1) is 0 Å². The second-order valence-corrected chi connectivity index (χ2v) is 5.22. The fourth-order valence-electron chi connectivity index (χ4n) is 2.04. The molecule has 1 aromatic carbocycles. The first-order valence-corrected chi connectivity index (χ1v) is 7.15. The third kappa shape index (κ3) is 4.43. The number of hydrogen-bond donors (Lipinski definition) is 2. The van der Waals surface area contributed by atoms with Crippen LogP contribution < -0.4 is 10.1 Å². The van der Waals surface area contributed by atoms with Crippen LogP contribution in [0.2, 0.25) is 5.15 Å². The number of methoxy groups -OCH3 is 1. The molecule has 2 atom stereocenters. The zero-order valence-electron chi connectivity index (χ0n) is 12.1. The van der Waals surface area contributed by atoms with E-state index in [-0.39, 0.29) is 6.04 Å². The van der Waals surface area contributed by atoms with Gasteiger partial charge in [-0.2, -0.15) is 0 Å². The van der Waals surface area contributed by atoms with Gasteiger partial charge in [0.05, 0.1) is 13.2 Å². The molecule has 1 heterocycles. The molecule has 0 aliphatic rings. The Morgan fingerprint density at radius 1 is 1.24 bits per heavy atom. The third-order valence-electron chi connectivity index (χ3n) is 3.37. The number of halogens is 1. The van der Waals surface area contributed by atoms with Crippen molar-refractivity contribution >= 4 is 11.6 Å². The minimum absolute atomic E-state index is 0.0819. The molecular weight excluding hydrogens is 288 g/mol. The first-order chi connectivity index (χ1) is 10.1. The smallest absolute Gasteiger partial charge is 0.129 e. The SMILES string of the molecule is COc1ccc(C(O)CNC(C)c2ccnc(Cl)c2)cc1. The number of aromatic nitrogens is 1. The molecule has 2 N–H and O–H groups in total. The molecule has 0 aliphatic heterocycles. The van der Waals surface area contributed by atoms with Crippen LogP contribution in [0.1, 0.15) is 30.2 Å². The van der Waals surface area contributed by atoms with Crippen molar-refractivity contribution in [3.8, 4) is 5.75 Å². The molecule has 5 heteroatoms. The average molecular weight is 307 g/mol. The van der Waals surface area contributed by atoms with Crippen LogP contribution in [0.4, 0.5) is 0 Å². The lowest BCUT2D eigenvalue weighted by molar-refractivity contribution is 0.170. The van der Waals surface area contributed by atoms with Crippen LogP contribution in [-0.4, -0.2) is 23.7 Å². The number of aliphatic hydroxyl groups is 1. The maximum absolute atomic E-state index is 10.2. The Kier molecular flexibility index (Phi) is 5.56. The lowest BCUT2D eigenvalue weighted by Gasteiger charge is -2.18. The quantitative estimate of drug-likeness (QED) is 0.805. The Morgan fingerprint density at radius 2 is 1.95 bits per heavy atom. The summed E-state index contributed by atoms with van der Waals surface area (Å²) in [6.07, 6.45) is 1.10. The zero-order chi connectivity index (χ0) is 15.2. The topological polar surface area (TPSA) is 54.4 Å². The van der Waals surface area contributed by atoms with Crippen molar-refractivity contribution in [1.29, 1.82) is 0 Å². The molecule has 112 valence electrons. The van der Waals surface area contributed by atoms with Gasteiger partial charge in [-0.1, -0.05) is 23.7 Å². The highest BCUT2D eigenvalue weighted by Gasteiger charge is 2.11. The summed E-state index contributed by atoms with van der Waals surface area (Å²) in [7, 11) is 1.62. The van der Waals surface area contributed by atoms with Gasteiger partial charge in [0.1, 0.15) is 10.9 Å². The number of ether oxygens (including phenoxy) is 1. The number of benzene rings is 1. The van der Waals surface area contributed by atoms with Crippen molar-refractivity contribution < 1.29 is 9.84 Å². The van der Waals surface area contributed by atoms with Crippen molar-refractivity contribution in [2.45, 2.75) is 19.1 Å². The highest BCUT2D eigenvalue weighted by Crippen LogP contribution is 2.19. The van der Waals surface area contributed by atoms with Crippen molar-refractivity contribution in [1.82, 2.24) is 10.3 Å². The van der Waals surface area contributed by atoms with Gasteiger partial charge in [0, 0.05) is 18.8 Å². The molecule has 0 radical (unpaired) electrons. The van der Waals surface area contributed by atoms with E-state index in [1.54, 1.807) is 13.3 Å². The highest BCUT2D eigenvalue weighted by atomic mass is 35.5. The molecule has 2 rings (SSSR count). The molecule has 0 spiro atoms. The van der Waals surface area contributed by atoms with Gasteiger partial charge < -0.3 is 15.2 Å². The van der Waals surface area contributed by atoms with Crippen LogP contribution in [-0.2, 0) is 0 Å². The zero-order valence-corrected chi connectivity index (χ0v) is 12.8. The number of aliphatic hydroxyl groups excluding tert-OH is 1. The Labute approximate surface area is 129 Å². The monoisotopic (exact) mass is 306 g/mol. The Morgan fingerprint density at radius 3 is 2.57 bits per heavy atom. The molecule has 0 saturated carbocycles. The van der Waals surface area contributed by atoms with E-state index in [1.165, 1.54) is 0 Å². The van der Waals surface area contributed by atoms with E-state index in [1.807, 2.05) is 43.3 Å². The second kappa shape index (κ2) is 7.41. The summed E-state index contributed by atoms with van der Waals surface area (Å²) in [4.78, 5) is 3.96. The van der Waals surface area contributed by atoms with Gasteiger partial charge in [-0.3, -0.25) is 0 Å². The van der Waals surface area contributed by atoms with Gasteiger partial charge in [-0.05, 0) is 42.3 Å². The minimum Gasteiger partial charge on any atom is -0.497 e. The van der Waals surface area contributed by atoms with Crippen LogP contribution in [0.5, 0.6) is 5.75 Å². The summed E-state index contributed by atoms with van der Waals surface area (Å²) < 4.78 is 5.10. The maximum Gasteiger partial charge on any atom is 0.129 e. The molecular formula is C16H19ClN2O2. The van der Waals surface area contributed by atoms with E-state index < -0.39 is 6.10 Å². The molecule has 0 amide bonds. The number of nitrogens with zero attached hydrogens (tertiary/aromatic N) is 1. The van der Waals surface area contributed by atoms with Gasteiger partial charge in [0.25, 0.3) is 0 Å². The highest BCUT2D eigenvalue weighted by molar-refractivity contribution is 6.29. The van der Waals surface area contributed by atoms with E-state index in [0.717, 1.165) is 16.9 Å². The number of nitrogens with one attached hydrogen (secondary N) is 1. The summed E-state index contributed by atoms with van der Waals surface area (Å²) in [6.45, 7) is 2.47. The van der Waals surface area contributed by atoms with E-state index in [9.17, 15) is 5.11 Å². The molecule has 4 nitrogen and oxygen atoms in total. The average Bonchev–Trinajstić information content (AvgIpc) is 2.52.